The molecule has 0 bridgehead atoms. The number of nitrogens with zero attached hydrogens (tertiary/aromatic N) is 1. The van der Waals surface area contributed by atoms with Crippen molar-refractivity contribution in [1.29, 1.82) is 0 Å². The fourth-order valence-corrected chi connectivity index (χ4v) is 3.60. The number of nitrogens with one attached hydrogen (secondary N) is 1. The first-order valence-corrected chi connectivity index (χ1v) is 9.14. The van der Waals surface area contributed by atoms with Crippen LogP contribution in [0.2, 0.25) is 0 Å². The maximum absolute atomic E-state index is 3.62. The lowest BCUT2D eigenvalue weighted by molar-refractivity contribution is 0.174. The molecule has 0 fully saturated rings. The topological polar surface area (TPSA) is 15.3 Å². The minimum atomic E-state index is 0.344. The maximum Gasteiger partial charge on any atom is 0.0701 e. The number of rotatable bonds is 9. The van der Waals surface area contributed by atoms with Crippen molar-refractivity contribution in [3.05, 3.63) is 20.8 Å². The molecule has 1 N–H and O–H groups in total. The Morgan fingerprint density at radius 3 is 2.65 bits per heavy atom. The summed E-state index contributed by atoms with van der Waals surface area (Å²) in [5, 5.41) is 5.85. The first-order valence-electron chi connectivity index (χ1n) is 7.47. The Balaban J connectivity index is 2.44. The van der Waals surface area contributed by atoms with Crippen LogP contribution < -0.4 is 5.32 Å². The molecule has 0 radical (unpaired) electrons. The van der Waals surface area contributed by atoms with Crippen LogP contribution >= 0.6 is 27.3 Å². The Hall–Kier alpha value is 0.100. The summed E-state index contributed by atoms with van der Waals surface area (Å²) in [4.78, 5) is 2.44. The van der Waals surface area contributed by atoms with Crippen molar-refractivity contribution in [3.8, 4) is 0 Å². The highest BCUT2D eigenvalue weighted by atomic mass is 79.9. The van der Waals surface area contributed by atoms with Crippen LogP contribution in [0.15, 0.2) is 15.2 Å². The second kappa shape index (κ2) is 8.52. The fourth-order valence-electron chi connectivity index (χ4n) is 2.40. The van der Waals surface area contributed by atoms with Crippen LogP contribution in [0.1, 0.15) is 39.7 Å². The monoisotopic (exact) mass is 360 g/mol. The standard InChI is InChI=1S/C16H29BrN2S/c1-6-16(4,11-18-8-13(2)3)12-19(5)9-14-7-15(17)20-10-14/h7,10,13,18H,6,8-9,11-12H2,1-5H3. The van der Waals surface area contributed by atoms with Gasteiger partial charge >= 0.3 is 0 Å². The zero-order valence-corrected chi connectivity index (χ0v) is 15.9. The average molecular weight is 361 g/mol. The van der Waals surface area contributed by atoms with Crippen LogP contribution in [0.3, 0.4) is 0 Å². The summed E-state index contributed by atoms with van der Waals surface area (Å²) < 4.78 is 1.22. The van der Waals surface area contributed by atoms with Crippen molar-refractivity contribution in [1.82, 2.24) is 10.2 Å². The van der Waals surface area contributed by atoms with Gasteiger partial charge < -0.3 is 10.2 Å². The zero-order valence-electron chi connectivity index (χ0n) is 13.5. The van der Waals surface area contributed by atoms with E-state index in [1.807, 2.05) is 0 Å². The molecule has 0 saturated carbocycles. The molecule has 1 atom stereocenters. The average Bonchev–Trinajstić information content (AvgIpc) is 2.73. The molecule has 0 amide bonds. The zero-order chi connectivity index (χ0) is 15.2. The third-order valence-electron chi connectivity index (χ3n) is 3.68. The quantitative estimate of drug-likeness (QED) is 0.691. The van der Waals surface area contributed by atoms with E-state index in [4.69, 9.17) is 0 Å². The predicted molar refractivity (Wildman–Crippen MR) is 94.5 cm³/mol. The van der Waals surface area contributed by atoms with Gasteiger partial charge in [0.2, 0.25) is 0 Å². The summed E-state index contributed by atoms with van der Waals surface area (Å²) in [5.74, 6) is 0.719. The van der Waals surface area contributed by atoms with Crippen molar-refractivity contribution in [2.75, 3.05) is 26.7 Å². The van der Waals surface area contributed by atoms with Gasteiger partial charge in [-0.15, -0.1) is 11.3 Å². The number of hydrogen-bond acceptors (Lipinski definition) is 3. The number of thiophene rings is 1. The molecule has 1 rings (SSSR count). The van der Waals surface area contributed by atoms with Gasteiger partial charge in [0.15, 0.2) is 0 Å². The van der Waals surface area contributed by atoms with Crippen molar-refractivity contribution < 1.29 is 0 Å². The second-order valence-electron chi connectivity index (χ2n) is 6.62. The lowest BCUT2D eigenvalue weighted by atomic mass is 9.86. The van der Waals surface area contributed by atoms with Gasteiger partial charge in [0, 0.05) is 19.6 Å². The van der Waals surface area contributed by atoms with Crippen LogP contribution in [-0.2, 0) is 6.54 Å². The van der Waals surface area contributed by atoms with Crippen LogP contribution in [0, 0.1) is 11.3 Å². The Morgan fingerprint density at radius 2 is 2.15 bits per heavy atom. The molecule has 0 spiro atoms. The van der Waals surface area contributed by atoms with E-state index in [0.29, 0.717) is 5.41 Å². The minimum absolute atomic E-state index is 0.344. The van der Waals surface area contributed by atoms with E-state index in [2.05, 4.69) is 72.3 Å². The highest BCUT2D eigenvalue weighted by molar-refractivity contribution is 9.11. The SMILES string of the molecule is CCC(C)(CNCC(C)C)CN(C)Cc1csc(Br)c1. The number of halogens is 1. The molecule has 1 aromatic heterocycles. The highest BCUT2D eigenvalue weighted by Gasteiger charge is 2.23. The van der Waals surface area contributed by atoms with Gasteiger partial charge in [0.25, 0.3) is 0 Å². The van der Waals surface area contributed by atoms with Crippen molar-refractivity contribution in [2.45, 2.75) is 40.7 Å². The molecule has 116 valence electrons. The molecule has 0 aliphatic carbocycles. The smallest absolute Gasteiger partial charge is 0.0701 e. The summed E-state index contributed by atoms with van der Waals surface area (Å²) >= 11 is 5.30. The Labute approximate surface area is 137 Å². The lowest BCUT2D eigenvalue weighted by Crippen LogP contribution is -2.41. The fraction of sp³-hybridized carbons (Fsp3) is 0.750. The van der Waals surface area contributed by atoms with Gasteiger partial charge in [-0.2, -0.15) is 0 Å². The largest absolute Gasteiger partial charge is 0.316 e. The molecule has 0 aliphatic rings. The Kier molecular flexibility index (Phi) is 7.73. The van der Waals surface area contributed by atoms with Gasteiger partial charge in [-0.05, 0) is 64.3 Å². The molecule has 0 aromatic carbocycles. The Morgan fingerprint density at radius 1 is 1.45 bits per heavy atom. The third-order valence-corrected chi connectivity index (χ3v) is 5.24. The molecular formula is C16H29BrN2S. The molecule has 20 heavy (non-hydrogen) atoms. The van der Waals surface area contributed by atoms with E-state index < -0.39 is 0 Å². The van der Waals surface area contributed by atoms with Gasteiger partial charge in [-0.1, -0.05) is 27.7 Å². The lowest BCUT2D eigenvalue weighted by Gasteiger charge is -2.33. The molecular weight excluding hydrogens is 332 g/mol. The van der Waals surface area contributed by atoms with E-state index in [1.165, 1.54) is 15.8 Å². The van der Waals surface area contributed by atoms with E-state index in [1.54, 1.807) is 11.3 Å². The van der Waals surface area contributed by atoms with Gasteiger partial charge in [-0.25, -0.2) is 0 Å². The van der Waals surface area contributed by atoms with Crippen LogP contribution in [0.5, 0.6) is 0 Å². The molecule has 1 aromatic rings. The predicted octanol–water partition coefficient (Wildman–Crippen LogP) is 4.60. The summed E-state index contributed by atoms with van der Waals surface area (Å²) in [7, 11) is 2.22. The van der Waals surface area contributed by atoms with Crippen molar-refractivity contribution in [2.24, 2.45) is 11.3 Å². The van der Waals surface area contributed by atoms with Crippen LogP contribution in [0.25, 0.3) is 0 Å². The molecule has 0 aliphatic heterocycles. The summed E-state index contributed by atoms with van der Waals surface area (Å²) in [5.41, 5.74) is 1.75. The first kappa shape index (κ1) is 18.1. The van der Waals surface area contributed by atoms with Crippen LogP contribution in [-0.4, -0.2) is 31.6 Å². The van der Waals surface area contributed by atoms with Crippen LogP contribution in [0.4, 0.5) is 0 Å². The van der Waals surface area contributed by atoms with Crippen molar-refractivity contribution in [3.63, 3.8) is 0 Å². The third kappa shape index (κ3) is 6.70. The first-order chi connectivity index (χ1) is 9.34. The highest BCUT2D eigenvalue weighted by Crippen LogP contribution is 2.24. The van der Waals surface area contributed by atoms with Gasteiger partial charge in [0.05, 0.1) is 3.79 Å². The molecule has 0 saturated heterocycles. The maximum atomic E-state index is 3.62. The summed E-state index contributed by atoms with van der Waals surface area (Å²) in [6.07, 6.45) is 1.20. The minimum Gasteiger partial charge on any atom is -0.316 e. The Bertz CT molecular complexity index is 392. The van der Waals surface area contributed by atoms with Crippen molar-refractivity contribution >= 4 is 27.3 Å². The van der Waals surface area contributed by atoms with E-state index in [9.17, 15) is 0 Å². The summed E-state index contributed by atoms with van der Waals surface area (Å²) in [6.45, 7) is 13.6. The molecule has 1 unspecified atom stereocenters. The second-order valence-corrected chi connectivity index (χ2v) is 8.91. The normalized spacial score (nSPS) is 15.0. The molecule has 1 heterocycles. The van der Waals surface area contributed by atoms with Gasteiger partial charge in [-0.3, -0.25) is 0 Å². The van der Waals surface area contributed by atoms with Gasteiger partial charge in [0.1, 0.15) is 0 Å². The van der Waals surface area contributed by atoms with E-state index in [-0.39, 0.29) is 0 Å². The molecule has 4 heteroatoms. The molecule has 2 nitrogen and oxygen atoms in total. The van der Waals surface area contributed by atoms with E-state index in [0.717, 1.165) is 32.1 Å². The number of hydrogen-bond donors (Lipinski definition) is 1. The summed E-state index contributed by atoms with van der Waals surface area (Å²) in [6, 6.07) is 2.22. The van der Waals surface area contributed by atoms with E-state index >= 15 is 0 Å².